The van der Waals surface area contributed by atoms with Crippen LogP contribution in [0.5, 0.6) is 0 Å². The molecule has 0 aliphatic heterocycles. The van der Waals surface area contributed by atoms with Gasteiger partial charge in [0.15, 0.2) is 0 Å². The summed E-state index contributed by atoms with van der Waals surface area (Å²) in [6.45, 7) is 8.49. The van der Waals surface area contributed by atoms with Gasteiger partial charge in [-0.15, -0.1) is 0 Å². The molecule has 0 unspecified atom stereocenters. The first-order valence-electron chi connectivity index (χ1n) is 6.29. The molecule has 0 N–H and O–H groups in total. The SMILES string of the molecule is CC(C)c1nc2ccc(C=O)cc2nc1C(C)C. The first kappa shape index (κ1) is 12.7. The summed E-state index contributed by atoms with van der Waals surface area (Å²) in [5, 5.41) is 0. The second-order valence-corrected chi connectivity index (χ2v) is 5.17. The minimum absolute atomic E-state index is 0.333. The standard InChI is InChI=1S/C15H18N2O/c1-9(2)14-15(10(3)4)17-13-7-11(8-18)5-6-12(13)16-14/h5-10H,1-4H3. The fraction of sp³-hybridized carbons (Fsp3) is 0.400. The maximum Gasteiger partial charge on any atom is 0.150 e. The number of benzene rings is 1. The van der Waals surface area contributed by atoms with E-state index in [2.05, 4.69) is 32.7 Å². The van der Waals surface area contributed by atoms with Crippen molar-refractivity contribution >= 4 is 17.3 Å². The van der Waals surface area contributed by atoms with Gasteiger partial charge in [0.1, 0.15) is 6.29 Å². The van der Waals surface area contributed by atoms with Crippen molar-refractivity contribution in [3.63, 3.8) is 0 Å². The van der Waals surface area contributed by atoms with E-state index in [-0.39, 0.29) is 0 Å². The normalized spacial score (nSPS) is 11.4. The van der Waals surface area contributed by atoms with Crippen molar-refractivity contribution in [3.05, 3.63) is 35.2 Å². The molecule has 0 spiro atoms. The fourth-order valence-corrected chi connectivity index (χ4v) is 2.02. The molecule has 0 aliphatic carbocycles. The van der Waals surface area contributed by atoms with Gasteiger partial charge in [-0.25, -0.2) is 9.97 Å². The number of hydrogen-bond acceptors (Lipinski definition) is 3. The minimum Gasteiger partial charge on any atom is -0.298 e. The number of rotatable bonds is 3. The van der Waals surface area contributed by atoms with Crippen LogP contribution in [0.3, 0.4) is 0 Å². The molecule has 0 saturated heterocycles. The van der Waals surface area contributed by atoms with Gasteiger partial charge in [0.25, 0.3) is 0 Å². The summed E-state index contributed by atoms with van der Waals surface area (Å²) in [6, 6.07) is 5.44. The average molecular weight is 242 g/mol. The van der Waals surface area contributed by atoms with Gasteiger partial charge in [-0.2, -0.15) is 0 Å². The maximum absolute atomic E-state index is 10.8. The molecule has 94 valence electrons. The van der Waals surface area contributed by atoms with Crippen LogP contribution in [0.25, 0.3) is 11.0 Å². The van der Waals surface area contributed by atoms with E-state index in [0.717, 1.165) is 28.7 Å². The van der Waals surface area contributed by atoms with Gasteiger partial charge in [0.05, 0.1) is 22.4 Å². The summed E-state index contributed by atoms with van der Waals surface area (Å²) in [4.78, 5) is 20.2. The van der Waals surface area contributed by atoms with E-state index in [1.807, 2.05) is 6.07 Å². The second-order valence-electron chi connectivity index (χ2n) is 5.17. The Morgan fingerprint density at radius 2 is 1.50 bits per heavy atom. The van der Waals surface area contributed by atoms with Gasteiger partial charge in [-0.1, -0.05) is 27.7 Å². The zero-order valence-corrected chi connectivity index (χ0v) is 11.3. The number of nitrogens with zero attached hydrogens (tertiary/aromatic N) is 2. The topological polar surface area (TPSA) is 42.9 Å². The Morgan fingerprint density at radius 1 is 0.944 bits per heavy atom. The molecular formula is C15H18N2O. The summed E-state index contributed by atoms with van der Waals surface area (Å²) >= 11 is 0. The number of carbonyl (C=O) groups is 1. The molecule has 18 heavy (non-hydrogen) atoms. The maximum atomic E-state index is 10.8. The predicted molar refractivity (Wildman–Crippen MR) is 73.1 cm³/mol. The number of aromatic nitrogens is 2. The summed E-state index contributed by atoms with van der Waals surface area (Å²) < 4.78 is 0. The number of aldehydes is 1. The van der Waals surface area contributed by atoms with Crippen LogP contribution < -0.4 is 0 Å². The molecule has 2 rings (SSSR count). The van der Waals surface area contributed by atoms with Gasteiger partial charge < -0.3 is 0 Å². The molecule has 0 bridgehead atoms. The Balaban J connectivity index is 2.71. The molecule has 1 aromatic carbocycles. The highest BCUT2D eigenvalue weighted by Gasteiger charge is 2.14. The smallest absolute Gasteiger partial charge is 0.150 e. The minimum atomic E-state index is 0.333. The highest BCUT2D eigenvalue weighted by molar-refractivity contribution is 5.84. The molecule has 0 amide bonds. The van der Waals surface area contributed by atoms with Crippen LogP contribution in [-0.2, 0) is 0 Å². The largest absolute Gasteiger partial charge is 0.298 e. The van der Waals surface area contributed by atoms with Crippen LogP contribution in [0.15, 0.2) is 18.2 Å². The lowest BCUT2D eigenvalue weighted by Gasteiger charge is -2.14. The zero-order valence-electron chi connectivity index (χ0n) is 11.3. The van der Waals surface area contributed by atoms with Gasteiger partial charge in [0.2, 0.25) is 0 Å². The lowest BCUT2D eigenvalue weighted by Crippen LogP contribution is -2.06. The first-order valence-corrected chi connectivity index (χ1v) is 6.29. The van der Waals surface area contributed by atoms with Crippen molar-refractivity contribution in [1.82, 2.24) is 9.97 Å². The lowest BCUT2D eigenvalue weighted by atomic mass is 10.00. The third-order valence-corrected chi connectivity index (χ3v) is 2.97. The van der Waals surface area contributed by atoms with Gasteiger partial charge >= 0.3 is 0 Å². The monoisotopic (exact) mass is 242 g/mol. The molecule has 0 atom stereocenters. The Bertz CT molecular complexity index is 588. The highest BCUT2D eigenvalue weighted by atomic mass is 16.1. The second kappa shape index (κ2) is 4.84. The van der Waals surface area contributed by atoms with Crippen LogP contribution in [0.2, 0.25) is 0 Å². The summed E-state index contributed by atoms with van der Waals surface area (Å²) in [7, 11) is 0. The van der Waals surface area contributed by atoms with Crippen LogP contribution in [0.1, 0.15) is 61.3 Å². The highest BCUT2D eigenvalue weighted by Crippen LogP contribution is 2.25. The average Bonchev–Trinajstić information content (AvgIpc) is 2.36. The Hall–Kier alpha value is -1.77. The fourth-order valence-electron chi connectivity index (χ4n) is 2.02. The Morgan fingerprint density at radius 3 is 2.00 bits per heavy atom. The predicted octanol–water partition coefficient (Wildman–Crippen LogP) is 3.69. The van der Waals surface area contributed by atoms with Gasteiger partial charge in [-0.05, 0) is 30.0 Å². The van der Waals surface area contributed by atoms with Crippen molar-refractivity contribution in [3.8, 4) is 0 Å². The molecule has 0 aliphatic rings. The van der Waals surface area contributed by atoms with Crippen LogP contribution >= 0.6 is 0 Å². The van der Waals surface area contributed by atoms with E-state index >= 15 is 0 Å². The first-order chi connectivity index (χ1) is 8.52. The summed E-state index contributed by atoms with van der Waals surface area (Å²) in [6.07, 6.45) is 0.840. The summed E-state index contributed by atoms with van der Waals surface area (Å²) in [5.41, 5.74) is 4.38. The van der Waals surface area contributed by atoms with Crippen LogP contribution in [0, 0.1) is 0 Å². The number of carbonyl (C=O) groups excluding carboxylic acids is 1. The summed E-state index contributed by atoms with van der Waals surface area (Å²) in [5.74, 6) is 0.684. The molecule has 0 fully saturated rings. The molecular weight excluding hydrogens is 224 g/mol. The molecule has 3 heteroatoms. The van der Waals surface area contributed by atoms with Crippen LogP contribution in [-0.4, -0.2) is 16.3 Å². The van der Waals surface area contributed by atoms with Crippen molar-refractivity contribution in [1.29, 1.82) is 0 Å². The quantitative estimate of drug-likeness (QED) is 0.771. The van der Waals surface area contributed by atoms with E-state index in [1.54, 1.807) is 12.1 Å². The zero-order chi connectivity index (χ0) is 13.3. The van der Waals surface area contributed by atoms with Crippen LogP contribution in [0.4, 0.5) is 0 Å². The van der Waals surface area contributed by atoms with E-state index in [9.17, 15) is 4.79 Å². The Labute approximate surface area is 107 Å². The van der Waals surface area contributed by atoms with Gasteiger partial charge in [0, 0.05) is 5.56 Å². The lowest BCUT2D eigenvalue weighted by molar-refractivity contribution is 0.112. The van der Waals surface area contributed by atoms with E-state index in [0.29, 0.717) is 17.4 Å². The van der Waals surface area contributed by atoms with E-state index in [4.69, 9.17) is 4.98 Å². The number of fused-ring (bicyclic) bond motifs is 1. The molecule has 0 saturated carbocycles. The molecule has 2 aromatic rings. The van der Waals surface area contributed by atoms with Crippen molar-refractivity contribution in [2.24, 2.45) is 0 Å². The molecule has 1 aromatic heterocycles. The molecule has 0 radical (unpaired) electrons. The van der Waals surface area contributed by atoms with Crippen molar-refractivity contribution in [2.45, 2.75) is 39.5 Å². The Kier molecular flexibility index (Phi) is 3.41. The third-order valence-electron chi connectivity index (χ3n) is 2.97. The third kappa shape index (κ3) is 2.26. The van der Waals surface area contributed by atoms with Crippen molar-refractivity contribution in [2.75, 3.05) is 0 Å². The van der Waals surface area contributed by atoms with Gasteiger partial charge in [-0.3, -0.25) is 4.79 Å². The number of hydrogen-bond donors (Lipinski definition) is 0. The van der Waals surface area contributed by atoms with E-state index in [1.165, 1.54) is 0 Å². The molecule has 1 heterocycles. The molecule has 3 nitrogen and oxygen atoms in total. The van der Waals surface area contributed by atoms with E-state index < -0.39 is 0 Å². The van der Waals surface area contributed by atoms with Crippen molar-refractivity contribution < 1.29 is 4.79 Å².